The van der Waals surface area contributed by atoms with E-state index in [-0.39, 0.29) is 23.6 Å². The predicted octanol–water partition coefficient (Wildman–Crippen LogP) is 5.66. The van der Waals surface area contributed by atoms with E-state index < -0.39 is 5.60 Å². The SMILES string of the molecule is CN(C(=O)/N=C/C1CCC(C)(c2ccccc2)CC1)C1CCN(C(=O)OC(C)(C)C)CC1. The molecule has 1 saturated heterocycles. The van der Waals surface area contributed by atoms with Crippen LogP contribution in [0.2, 0.25) is 0 Å². The zero-order valence-corrected chi connectivity index (χ0v) is 20.3. The number of rotatable bonds is 3. The first-order chi connectivity index (χ1) is 15.1. The standard InChI is InChI=1S/C26H39N3O3/c1-25(2,3)32-24(31)29-17-13-22(14-18-29)28(5)23(30)27-19-20-11-15-26(4,16-12-20)21-9-7-6-8-10-21/h6-10,19-20,22H,11-18H2,1-5H3/b27-19+. The highest BCUT2D eigenvalue weighted by Crippen LogP contribution is 2.40. The first-order valence-electron chi connectivity index (χ1n) is 11.9. The van der Waals surface area contributed by atoms with Crippen molar-refractivity contribution in [2.45, 2.75) is 83.3 Å². The molecule has 1 aromatic rings. The van der Waals surface area contributed by atoms with E-state index in [2.05, 4.69) is 42.2 Å². The summed E-state index contributed by atoms with van der Waals surface area (Å²) in [5.74, 6) is 0.359. The second kappa shape index (κ2) is 10.1. The maximum atomic E-state index is 12.7. The molecule has 1 aliphatic heterocycles. The van der Waals surface area contributed by atoms with E-state index in [0.29, 0.717) is 19.0 Å². The van der Waals surface area contributed by atoms with Gasteiger partial charge in [0.1, 0.15) is 5.60 Å². The number of amides is 3. The molecule has 6 nitrogen and oxygen atoms in total. The fourth-order valence-electron chi connectivity index (χ4n) is 4.73. The van der Waals surface area contributed by atoms with E-state index in [9.17, 15) is 9.59 Å². The predicted molar refractivity (Wildman–Crippen MR) is 128 cm³/mol. The maximum absolute atomic E-state index is 12.7. The molecule has 2 fully saturated rings. The summed E-state index contributed by atoms with van der Waals surface area (Å²) in [5.41, 5.74) is 1.13. The van der Waals surface area contributed by atoms with Gasteiger partial charge in [-0.3, -0.25) is 0 Å². The van der Waals surface area contributed by atoms with Crippen molar-refractivity contribution in [1.29, 1.82) is 0 Å². The Morgan fingerprint density at radius 1 is 1.09 bits per heavy atom. The van der Waals surface area contributed by atoms with Gasteiger partial charge in [-0.05, 0) is 76.2 Å². The lowest BCUT2D eigenvalue weighted by Crippen LogP contribution is -2.48. The van der Waals surface area contributed by atoms with Crippen LogP contribution in [0.15, 0.2) is 35.3 Å². The molecule has 32 heavy (non-hydrogen) atoms. The van der Waals surface area contributed by atoms with Crippen LogP contribution in [-0.4, -0.2) is 59.9 Å². The van der Waals surface area contributed by atoms with Gasteiger partial charge in [0.2, 0.25) is 0 Å². The van der Waals surface area contributed by atoms with Crippen LogP contribution in [-0.2, 0) is 10.2 Å². The van der Waals surface area contributed by atoms with Gasteiger partial charge in [0.25, 0.3) is 0 Å². The van der Waals surface area contributed by atoms with Gasteiger partial charge in [-0.2, -0.15) is 0 Å². The van der Waals surface area contributed by atoms with Gasteiger partial charge < -0.3 is 14.5 Å². The summed E-state index contributed by atoms with van der Waals surface area (Å²) in [6.45, 7) is 9.16. The molecular weight excluding hydrogens is 402 g/mol. The summed E-state index contributed by atoms with van der Waals surface area (Å²) < 4.78 is 5.45. The molecule has 0 aromatic heterocycles. The van der Waals surface area contributed by atoms with E-state index >= 15 is 0 Å². The number of carbonyl (C=O) groups excluding carboxylic acids is 2. The second-order valence-corrected chi connectivity index (χ2v) is 10.6. The molecule has 1 aliphatic carbocycles. The minimum atomic E-state index is -0.493. The lowest BCUT2D eigenvalue weighted by Gasteiger charge is -2.37. The van der Waals surface area contributed by atoms with Crippen LogP contribution < -0.4 is 0 Å². The average molecular weight is 442 g/mol. The van der Waals surface area contributed by atoms with Crippen LogP contribution >= 0.6 is 0 Å². The largest absolute Gasteiger partial charge is 0.444 e. The molecule has 0 spiro atoms. The smallest absolute Gasteiger partial charge is 0.410 e. The third-order valence-corrected chi connectivity index (χ3v) is 6.97. The highest BCUT2D eigenvalue weighted by atomic mass is 16.6. The molecule has 1 heterocycles. The molecule has 0 atom stereocenters. The molecule has 2 aliphatic rings. The summed E-state index contributed by atoms with van der Waals surface area (Å²) in [5, 5.41) is 0. The fourth-order valence-corrected chi connectivity index (χ4v) is 4.73. The van der Waals surface area contributed by atoms with E-state index in [1.165, 1.54) is 5.56 Å². The van der Waals surface area contributed by atoms with Crippen molar-refractivity contribution in [3.63, 3.8) is 0 Å². The minimum Gasteiger partial charge on any atom is -0.444 e. The van der Waals surface area contributed by atoms with Crippen molar-refractivity contribution < 1.29 is 14.3 Å². The van der Waals surface area contributed by atoms with Crippen molar-refractivity contribution in [2.24, 2.45) is 10.9 Å². The highest BCUT2D eigenvalue weighted by Gasteiger charge is 2.33. The molecule has 0 unspecified atom stereocenters. The Kier molecular flexibility index (Phi) is 7.63. The monoisotopic (exact) mass is 441 g/mol. The van der Waals surface area contributed by atoms with Crippen molar-refractivity contribution in [3.8, 4) is 0 Å². The number of hydrogen-bond donors (Lipinski definition) is 0. The summed E-state index contributed by atoms with van der Waals surface area (Å²) in [6, 6.07) is 10.7. The summed E-state index contributed by atoms with van der Waals surface area (Å²) >= 11 is 0. The molecular formula is C26H39N3O3. The molecule has 0 radical (unpaired) electrons. The Hall–Kier alpha value is -2.37. The highest BCUT2D eigenvalue weighted by molar-refractivity contribution is 5.84. The molecule has 6 heteroatoms. The van der Waals surface area contributed by atoms with E-state index in [1.54, 1.807) is 9.80 Å². The Labute approximate surface area is 193 Å². The van der Waals surface area contributed by atoms with Crippen molar-refractivity contribution in [1.82, 2.24) is 9.80 Å². The van der Waals surface area contributed by atoms with E-state index in [4.69, 9.17) is 4.74 Å². The third-order valence-electron chi connectivity index (χ3n) is 6.97. The normalized spacial score (nSPS) is 25.0. The van der Waals surface area contributed by atoms with Gasteiger partial charge in [0.15, 0.2) is 0 Å². The van der Waals surface area contributed by atoms with Gasteiger partial charge in [0.05, 0.1) is 0 Å². The second-order valence-electron chi connectivity index (χ2n) is 10.6. The number of ether oxygens (including phenoxy) is 1. The Morgan fingerprint density at radius 2 is 1.69 bits per heavy atom. The Morgan fingerprint density at radius 3 is 2.25 bits per heavy atom. The first-order valence-corrected chi connectivity index (χ1v) is 11.9. The summed E-state index contributed by atoms with van der Waals surface area (Å²) in [6.07, 6.45) is 7.43. The van der Waals surface area contributed by atoms with Gasteiger partial charge in [-0.15, -0.1) is 0 Å². The molecule has 1 saturated carbocycles. The summed E-state index contributed by atoms with van der Waals surface area (Å²) in [4.78, 5) is 32.7. The zero-order valence-electron chi connectivity index (χ0n) is 20.3. The van der Waals surface area contributed by atoms with Crippen LogP contribution in [0.1, 0.15) is 71.8 Å². The van der Waals surface area contributed by atoms with Crippen molar-refractivity contribution >= 4 is 18.3 Å². The molecule has 3 amide bonds. The number of urea groups is 1. The third kappa shape index (κ3) is 6.33. The van der Waals surface area contributed by atoms with Crippen molar-refractivity contribution in [3.05, 3.63) is 35.9 Å². The number of piperidine rings is 1. The number of benzene rings is 1. The van der Waals surface area contributed by atoms with Gasteiger partial charge in [0, 0.05) is 32.4 Å². The van der Waals surface area contributed by atoms with Crippen LogP contribution in [0.3, 0.4) is 0 Å². The molecule has 176 valence electrons. The molecule has 3 rings (SSSR count). The van der Waals surface area contributed by atoms with Gasteiger partial charge >= 0.3 is 12.1 Å². The van der Waals surface area contributed by atoms with Crippen molar-refractivity contribution in [2.75, 3.05) is 20.1 Å². The Bertz CT molecular complexity index is 799. The molecule has 0 N–H and O–H groups in total. The average Bonchev–Trinajstić information content (AvgIpc) is 2.77. The van der Waals surface area contributed by atoms with Crippen LogP contribution in [0.25, 0.3) is 0 Å². The zero-order chi connectivity index (χ0) is 23.4. The Balaban J connectivity index is 1.45. The first kappa shape index (κ1) is 24.3. The topological polar surface area (TPSA) is 62.2 Å². The quantitative estimate of drug-likeness (QED) is 0.569. The lowest BCUT2D eigenvalue weighted by molar-refractivity contribution is 0.0174. The molecule has 1 aromatic carbocycles. The molecule has 0 bridgehead atoms. The van der Waals surface area contributed by atoms with Gasteiger partial charge in [-0.1, -0.05) is 37.3 Å². The lowest BCUT2D eigenvalue weighted by atomic mass is 9.68. The van der Waals surface area contributed by atoms with Crippen LogP contribution in [0, 0.1) is 5.92 Å². The van der Waals surface area contributed by atoms with E-state index in [0.717, 1.165) is 38.5 Å². The van der Waals surface area contributed by atoms with Crippen LogP contribution in [0.5, 0.6) is 0 Å². The number of hydrogen-bond acceptors (Lipinski definition) is 3. The van der Waals surface area contributed by atoms with Crippen LogP contribution in [0.4, 0.5) is 9.59 Å². The summed E-state index contributed by atoms with van der Waals surface area (Å²) in [7, 11) is 1.82. The maximum Gasteiger partial charge on any atom is 0.410 e. The number of aliphatic imine (C=N–C) groups is 1. The fraction of sp³-hybridized carbons (Fsp3) is 0.654. The number of likely N-dealkylation sites (tertiary alicyclic amines) is 1. The number of nitrogens with zero attached hydrogens (tertiary/aromatic N) is 3. The minimum absolute atomic E-state index is 0.103. The van der Waals surface area contributed by atoms with E-state index in [1.807, 2.05) is 34.0 Å². The van der Waals surface area contributed by atoms with Gasteiger partial charge in [-0.25, -0.2) is 14.6 Å². The number of carbonyl (C=O) groups is 2.